The number of halogens is 2. The first-order chi connectivity index (χ1) is 12.6. The number of aromatic nitrogens is 1. The number of benzene rings is 1. The Kier molecular flexibility index (Phi) is 7.38. The van der Waals surface area contributed by atoms with Crippen molar-refractivity contribution in [2.45, 2.75) is 12.8 Å². The third-order valence-electron chi connectivity index (χ3n) is 4.65. The molecule has 8 heteroatoms. The highest BCUT2D eigenvalue weighted by Gasteiger charge is 2.30. The van der Waals surface area contributed by atoms with Crippen molar-refractivity contribution in [3.8, 4) is 11.1 Å². The molecule has 2 heterocycles. The molecule has 1 atom stereocenters. The number of likely N-dealkylation sites (tertiary alicyclic amines) is 1. The molecule has 1 unspecified atom stereocenters. The second-order valence-electron chi connectivity index (χ2n) is 6.46. The van der Waals surface area contributed by atoms with Crippen LogP contribution in [0.4, 0.5) is 4.39 Å². The molecule has 1 fully saturated rings. The fraction of sp³-hybridized carbons (Fsp3) is 0.368. The number of nitrogens with two attached hydrogens (primary N) is 1. The Balaban J connectivity index is 0.00000261. The van der Waals surface area contributed by atoms with Gasteiger partial charge in [-0.05, 0) is 30.5 Å². The third kappa shape index (κ3) is 4.87. The first-order valence-electron chi connectivity index (χ1n) is 8.80. The van der Waals surface area contributed by atoms with E-state index in [1.165, 1.54) is 12.1 Å². The summed E-state index contributed by atoms with van der Waals surface area (Å²) in [6, 6.07) is 6.04. The molecule has 27 heavy (non-hydrogen) atoms. The number of aromatic amines is 1. The average Bonchev–Trinajstić information content (AvgIpc) is 3.16. The van der Waals surface area contributed by atoms with Gasteiger partial charge in [0.15, 0.2) is 0 Å². The van der Waals surface area contributed by atoms with Crippen molar-refractivity contribution in [3.05, 3.63) is 48.0 Å². The van der Waals surface area contributed by atoms with Crippen LogP contribution in [0.15, 0.2) is 36.7 Å². The largest absolute Gasteiger partial charge is 0.366 e. The second kappa shape index (κ2) is 9.53. The van der Waals surface area contributed by atoms with Gasteiger partial charge in [0.05, 0.1) is 11.5 Å². The Bertz CT molecular complexity index is 778. The number of piperidine rings is 1. The highest BCUT2D eigenvalue weighted by molar-refractivity contribution is 6.01. The fourth-order valence-corrected chi connectivity index (χ4v) is 3.29. The molecule has 1 aromatic heterocycles. The van der Waals surface area contributed by atoms with Crippen LogP contribution >= 0.6 is 12.4 Å². The normalized spacial score (nSPS) is 16.5. The van der Waals surface area contributed by atoms with Crippen LogP contribution < -0.4 is 11.1 Å². The Labute approximate surface area is 163 Å². The van der Waals surface area contributed by atoms with Crippen molar-refractivity contribution < 1.29 is 14.0 Å². The maximum Gasteiger partial charge on any atom is 0.256 e. The molecule has 0 bridgehead atoms. The van der Waals surface area contributed by atoms with Gasteiger partial charge in [0.1, 0.15) is 5.82 Å². The Morgan fingerprint density at radius 1 is 1.26 bits per heavy atom. The lowest BCUT2D eigenvalue weighted by Gasteiger charge is -2.32. The van der Waals surface area contributed by atoms with Gasteiger partial charge in [-0.3, -0.25) is 9.59 Å². The predicted molar refractivity (Wildman–Crippen MR) is 104 cm³/mol. The maximum atomic E-state index is 13.2. The number of amides is 2. The predicted octanol–water partition coefficient (Wildman–Crippen LogP) is 2.17. The lowest BCUT2D eigenvalue weighted by Crippen LogP contribution is -2.46. The van der Waals surface area contributed by atoms with Gasteiger partial charge in [0, 0.05) is 44.1 Å². The number of hydrogen-bond acceptors (Lipinski definition) is 3. The highest BCUT2D eigenvalue weighted by Crippen LogP contribution is 2.27. The van der Waals surface area contributed by atoms with Crippen LogP contribution in [0.25, 0.3) is 11.1 Å². The van der Waals surface area contributed by atoms with E-state index in [4.69, 9.17) is 5.73 Å². The highest BCUT2D eigenvalue weighted by atomic mass is 35.5. The lowest BCUT2D eigenvalue weighted by atomic mass is 9.96. The third-order valence-corrected chi connectivity index (χ3v) is 4.65. The number of carbonyl (C=O) groups is 2. The lowest BCUT2D eigenvalue weighted by molar-refractivity contribution is -0.126. The minimum absolute atomic E-state index is 0. The molecule has 0 saturated carbocycles. The second-order valence-corrected chi connectivity index (χ2v) is 6.46. The molecule has 2 amide bonds. The van der Waals surface area contributed by atoms with E-state index in [9.17, 15) is 14.0 Å². The van der Waals surface area contributed by atoms with Crippen molar-refractivity contribution in [1.82, 2.24) is 15.2 Å². The summed E-state index contributed by atoms with van der Waals surface area (Å²) >= 11 is 0. The summed E-state index contributed by atoms with van der Waals surface area (Å²) in [5.74, 6) is -0.713. The number of hydrogen-bond donors (Lipinski definition) is 3. The quantitative estimate of drug-likeness (QED) is 0.725. The smallest absolute Gasteiger partial charge is 0.256 e. The van der Waals surface area contributed by atoms with Gasteiger partial charge in [0.25, 0.3) is 5.91 Å². The minimum Gasteiger partial charge on any atom is -0.366 e. The summed E-state index contributed by atoms with van der Waals surface area (Å²) in [6.45, 7) is 1.85. The van der Waals surface area contributed by atoms with Crippen LogP contribution in [0, 0.1) is 11.7 Å². The van der Waals surface area contributed by atoms with Crippen molar-refractivity contribution in [2.24, 2.45) is 11.7 Å². The van der Waals surface area contributed by atoms with Gasteiger partial charge in [-0.15, -0.1) is 12.4 Å². The maximum absolute atomic E-state index is 13.2. The van der Waals surface area contributed by atoms with E-state index >= 15 is 0 Å². The molecule has 0 radical (unpaired) electrons. The zero-order valence-corrected chi connectivity index (χ0v) is 15.7. The SMILES string of the molecule is Cl.NCCNC(=O)C1CCCN(C(=O)c2c[nH]cc2-c2ccc(F)cc2)C1. The molecule has 1 aliphatic rings. The molecule has 1 saturated heterocycles. The van der Waals surface area contributed by atoms with Crippen molar-refractivity contribution in [2.75, 3.05) is 26.2 Å². The van der Waals surface area contributed by atoms with E-state index in [0.29, 0.717) is 31.7 Å². The number of rotatable bonds is 5. The zero-order valence-electron chi connectivity index (χ0n) is 14.9. The summed E-state index contributed by atoms with van der Waals surface area (Å²) in [5.41, 5.74) is 7.44. The van der Waals surface area contributed by atoms with Gasteiger partial charge in [-0.2, -0.15) is 0 Å². The summed E-state index contributed by atoms with van der Waals surface area (Å²) in [5, 5.41) is 2.80. The number of nitrogens with zero attached hydrogens (tertiary/aromatic N) is 1. The Hall–Kier alpha value is -2.38. The molecule has 146 valence electrons. The van der Waals surface area contributed by atoms with Crippen LogP contribution in [0.5, 0.6) is 0 Å². The molecule has 6 nitrogen and oxygen atoms in total. The number of carbonyl (C=O) groups excluding carboxylic acids is 2. The van der Waals surface area contributed by atoms with E-state index in [-0.39, 0.29) is 36.0 Å². The number of H-pyrrole nitrogens is 1. The minimum atomic E-state index is -0.320. The van der Waals surface area contributed by atoms with Crippen molar-refractivity contribution >= 4 is 24.2 Å². The van der Waals surface area contributed by atoms with E-state index < -0.39 is 0 Å². The van der Waals surface area contributed by atoms with Crippen LogP contribution in [0.1, 0.15) is 23.2 Å². The van der Waals surface area contributed by atoms with E-state index in [1.807, 2.05) is 0 Å². The Morgan fingerprint density at radius 2 is 2.00 bits per heavy atom. The molecule has 1 aliphatic heterocycles. The van der Waals surface area contributed by atoms with Crippen LogP contribution in [-0.4, -0.2) is 47.9 Å². The molecular formula is C19H24ClFN4O2. The van der Waals surface area contributed by atoms with Gasteiger partial charge in [-0.25, -0.2) is 4.39 Å². The van der Waals surface area contributed by atoms with E-state index in [2.05, 4.69) is 10.3 Å². The van der Waals surface area contributed by atoms with Crippen molar-refractivity contribution in [3.63, 3.8) is 0 Å². The molecule has 1 aromatic carbocycles. The molecule has 4 N–H and O–H groups in total. The number of nitrogens with one attached hydrogen (secondary N) is 2. The molecule has 2 aromatic rings. The standard InChI is InChI=1S/C19H23FN4O2.ClH/c20-15-5-3-13(4-6-15)16-10-22-11-17(16)19(26)24-9-1-2-14(12-24)18(25)23-8-7-21;/h3-6,10-11,14,22H,1-2,7-9,12,21H2,(H,23,25);1H. The summed E-state index contributed by atoms with van der Waals surface area (Å²) in [4.78, 5) is 29.8. The molecule has 3 rings (SSSR count). The molecular weight excluding hydrogens is 371 g/mol. The summed E-state index contributed by atoms with van der Waals surface area (Å²) in [6.07, 6.45) is 4.93. The Morgan fingerprint density at radius 3 is 2.70 bits per heavy atom. The van der Waals surface area contributed by atoms with Gasteiger partial charge in [0.2, 0.25) is 5.91 Å². The van der Waals surface area contributed by atoms with Crippen LogP contribution in [-0.2, 0) is 4.79 Å². The summed E-state index contributed by atoms with van der Waals surface area (Å²) < 4.78 is 13.2. The monoisotopic (exact) mass is 394 g/mol. The topological polar surface area (TPSA) is 91.2 Å². The van der Waals surface area contributed by atoms with Crippen LogP contribution in [0.2, 0.25) is 0 Å². The fourth-order valence-electron chi connectivity index (χ4n) is 3.29. The van der Waals surface area contributed by atoms with Gasteiger partial charge in [-0.1, -0.05) is 12.1 Å². The van der Waals surface area contributed by atoms with E-state index in [0.717, 1.165) is 24.0 Å². The zero-order chi connectivity index (χ0) is 18.5. The first kappa shape index (κ1) is 20.9. The summed E-state index contributed by atoms with van der Waals surface area (Å²) in [7, 11) is 0. The molecule has 0 aliphatic carbocycles. The molecule has 0 spiro atoms. The first-order valence-corrected chi connectivity index (χ1v) is 8.80. The van der Waals surface area contributed by atoms with Crippen LogP contribution in [0.3, 0.4) is 0 Å². The van der Waals surface area contributed by atoms with Crippen molar-refractivity contribution in [1.29, 1.82) is 0 Å². The van der Waals surface area contributed by atoms with E-state index in [1.54, 1.807) is 29.4 Å². The van der Waals surface area contributed by atoms with Gasteiger partial charge < -0.3 is 20.9 Å². The average molecular weight is 395 g/mol. The van der Waals surface area contributed by atoms with Gasteiger partial charge >= 0.3 is 0 Å².